The van der Waals surface area contributed by atoms with Crippen molar-refractivity contribution in [2.24, 2.45) is 10.1 Å². The fourth-order valence-electron chi connectivity index (χ4n) is 3.25. The van der Waals surface area contributed by atoms with E-state index < -0.39 is 5.91 Å². The van der Waals surface area contributed by atoms with E-state index in [0.29, 0.717) is 10.2 Å². The topological polar surface area (TPSA) is 73.8 Å². The zero-order chi connectivity index (χ0) is 20.7. The van der Waals surface area contributed by atoms with Crippen LogP contribution in [0.2, 0.25) is 5.02 Å². The standard InChI is InChI=1S/C20H18ClN5OS2/c1-4-28-20-24-26-17(22)14(18(27)23-19(26)29-20)10-13-9-11(2)25(12(13)3)16-8-6-5-7-15(16)21/h5-10,22H,4H2,1-3H3/b14-10-,22-17?. The van der Waals surface area contributed by atoms with Gasteiger partial charge in [-0.05, 0) is 61.2 Å². The summed E-state index contributed by atoms with van der Waals surface area (Å²) in [6.45, 7) is 5.98. The average Bonchev–Trinajstić information content (AvgIpc) is 3.20. The van der Waals surface area contributed by atoms with Gasteiger partial charge in [0.25, 0.3) is 5.91 Å². The smallest absolute Gasteiger partial charge is 0.283 e. The van der Waals surface area contributed by atoms with Gasteiger partial charge in [-0.1, -0.05) is 42.4 Å². The van der Waals surface area contributed by atoms with Crippen LogP contribution >= 0.6 is 35.1 Å². The Morgan fingerprint density at radius 3 is 2.79 bits per heavy atom. The van der Waals surface area contributed by atoms with Crippen molar-refractivity contribution in [1.29, 1.82) is 5.41 Å². The number of thioether (sulfide) groups is 2. The fourth-order valence-corrected chi connectivity index (χ4v) is 5.29. The second kappa shape index (κ2) is 7.85. The summed E-state index contributed by atoms with van der Waals surface area (Å²) in [5.74, 6) is 0.487. The molecule has 9 heteroatoms. The molecule has 0 saturated carbocycles. The fraction of sp³-hybridized carbons (Fsp3) is 0.200. The molecule has 0 atom stereocenters. The maximum atomic E-state index is 12.6. The molecule has 2 aliphatic rings. The van der Waals surface area contributed by atoms with Gasteiger partial charge in [-0.2, -0.15) is 10.0 Å². The molecule has 1 aromatic carbocycles. The molecule has 1 amide bonds. The van der Waals surface area contributed by atoms with E-state index in [-0.39, 0.29) is 11.4 Å². The molecule has 4 rings (SSSR count). The lowest BCUT2D eigenvalue weighted by Gasteiger charge is -2.20. The first kappa shape index (κ1) is 20.0. The van der Waals surface area contributed by atoms with Crippen LogP contribution in [0.3, 0.4) is 0 Å². The van der Waals surface area contributed by atoms with Crippen molar-refractivity contribution in [3.05, 3.63) is 57.9 Å². The van der Waals surface area contributed by atoms with Gasteiger partial charge in [0.05, 0.1) is 16.3 Å². The Balaban J connectivity index is 1.74. The van der Waals surface area contributed by atoms with Crippen LogP contribution in [-0.2, 0) is 4.79 Å². The number of aromatic nitrogens is 1. The largest absolute Gasteiger partial charge is 0.316 e. The number of amides is 1. The molecule has 0 radical (unpaired) electrons. The van der Waals surface area contributed by atoms with E-state index in [1.165, 1.54) is 16.8 Å². The lowest BCUT2D eigenvalue weighted by molar-refractivity contribution is -0.114. The molecular formula is C20H18ClN5OS2. The van der Waals surface area contributed by atoms with Crippen LogP contribution < -0.4 is 0 Å². The first-order valence-corrected chi connectivity index (χ1v) is 11.2. The number of amidine groups is 2. The number of carbonyl (C=O) groups is 1. The van der Waals surface area contributed by atoms with E-state index in [4.69, 9.17) is 17.0 Å². The molecule has 29 heavy (non-hydrogen) atoms. The zero-order valence-corrected chi connectivity index (χ0v) is 18.5. The van der Waals surface area contributed by atoms with E-state index in [2.05, 4.69) is 10.1 Å². The normalized spacial score (nSPS) is 17.7. The van der Waals surface area contributed by atoms with E-state index in [9.17, 15) is 4.79 Å². The van der Waals surface area contributed by atoms with Crippen LogP contribution in [0.5, 0.6) is 0 Å². The van der Waals surface area contributed by atoms with E-state index in [1.54, 1.807) is 17.8 Å². The highest BCUT2D eigenvalue weighted by Crippen LogP contribution is 2.33. The van der Waals surface area contributed by atoms with Crippen LogP contribution in [0, 0.1) is 19.3 Å². The molecule has 3 heterocycles. The minimum Gasteiger partial charge on any atom is -0.316 e. The summed E-state index contributed by atoms with van der Waals surface area (Å²) < 4.78 is 2.84. The maximum absolute atomic E-state index is 12.6. The van der Waals surface area contributed by atoms with Crippen molar-refractivity contribution >= 4 is 62.5 Å². The highest BCUT2D eigenvalue weighted by atomic mass is 35.5. The number of hydrogen-bond donors (Lipinski definition) is 1. The number of hydrazone groups is 1. The predicted octanol–water partition coefficient (Wildman–Crippen LogP) is 5.08. The lowest BCUT2D eigenvalue weighted by Crippen LogP contribution is -2.35. The summed E-state index contributed by atoms with van der Waals surface area (Å²) in [6.07, 6.45) is 1.71. The second-order valence-electron chi connectivity index (χ2n) is 6.43. The number of rotatable bonds is 3. The maximum Gasteiger partial charge on any atom is 0.283 e. The number of fused-ring (bicyclic) bond motifs is 1. The molecule has 1 N–H and O–H groups in total. The SMILES string of the molecule is CCSC1=NN2C(=N)/C(=C/c3cc(C)n(-c4ccccc4Cl)c3C)C(=O)N=C2S1. The molecule has 2 aromatic rings. The second-order valence-corrected chi connectivity index (χ2v) is 9.31. The van der Waals surface area contributed by atoms with Crippen LogP contribution in [0.25, 0.3) is 11.8 Å². The van der Waals surface area contributed by atoms with E-state index in [1.807, 2.05) is 55.7 Å². The summed E-state index contributed by atoms with van der Waals surface area (Å²) in [6, 6.07) is 9.60. The van der Waals surface area contributed by atoms with Crippen LogP contribution in [0.4, 0.5) is 0 Å². The first-order valence-electron chi connectivity index (χ1n) is 8.97. The Morgan fingerprint density at radius 2 is 2.07 bits per heavy atom. The number of nitrogens with zero attached hydrogens (tertiary/aromatic N) is 4. The van der Waals surface area contributed by atoms with Gasteiger partial charge in [-0.15, -0.1) is 5.10 Å². The Kier molecular flexibility index (Phi) is 5.42. The molecule has 6 nitrogen and oxygen atoms in total. The Bertz CT molecular complexity index is 1130. The quantitative estimate of drug-likeness (QED) is 0.671. The van der Waals surface area contributed by atoms with Crippen molar-refractivity contribution in [2.75, 3.05) is 5.75 Å². The minimum atomic E-state index is -0.422. The van der Waals surface area contributed by atoms with Gasteiger partial charge in [0, 0.05) is 11.4 Å². The third kappa shape index (κ3) is 3.56. The molecule has 148 valence electrons. The van der Waals surface area contributed by atoms with Crippen molar-refractivity contribution in [2.45, 2.75) is 20.8 Å². The number of hydrogen-bond acceptors (Lipinski definition) is 5. The zero-order valence-electron chi connectivity index (χ0n) is 16.1. The number of benzene rings is 1. The monoisotopic (exact) mass is 443 g/mol. The van der Waals surface area contributed by atoms with Crippen LogP contribution in [-0.4, -0.2) is 36.6 Å². The molecule has 1 aromatic heterocycles. The van der Waals surface area contributed by atoms with Gasteiger partial charge in [0.1, 0.15) is 0 Å². The summed E-state index contributed by atoms with van der Waals surface area (Å²) in [5, 5.41) is 15.4. The van der Waals surface area contributed by atoms with Crippen molar-refractivity contribution in [3.8, 4) is 5.69 Å². The number of carbonyl (C=O) groups excluding carboxylic acids is 1. The van der Waals surface area contributed by atoms with Gasteiger partial charge < -0.3 is 4.57 Å². The summed E-state index contributed by atoms with van der Waals surface area (Å²) in [7, 11) is 0. The lowest BCUT2D eigenvalue weighted by atomic mass is 10.1. The van der Waals surface area contributed by atoms with Gasteiger partial charge in [0.2, 0.25) is 5.17 Å². The number of nitrogens with one attached hydrogen (secondary N) is 1. The third-order valence-corrected chi connectivity index (χ3v) is 6.81. The predicted molar refractivity (Wildman–Crippen MR) is 123 cm³/mol. The minimum absolute atomic E-state index is 0.0433. The number of aliphatic imine (C=N–C) groups is 1. The van der Waals surface area contributed by atoms with Gasteiger partial charge in [-0.3, -0.25) is 10.2 Å². The highest BCUT2D eigenvalue weighted by Gasteiger charge is 2.35. The molecule has 0 saturated heterocycles. The number of halogens is 1. The van der Waals surface area contributed by atoms with Crippen molar-refractivity contribution in [1.82, 2.24) is 9.58 Å². The van der Waals surface area contributed by atoms with E-state index in [0.717, 1.165) is 32.8 Å². The summed E-state index contributed by atoms with van der Waals surface area (Å²) in [4.78, 5) is 16.8. The average molecular weight is 444 g/mol. The Labute approximate surface area is 182 Å². The molecule has 0 fully saturated rings. The van der Waals surface area contributed by atoms with E-state index >= 15 is 0 Å². The van der Waals surface area contributed by atoms with Gasteiger partial charge in [0.15, 0.2) is 10.2 Å². The molecular weight excluding hydrogens is 426 g/mol. The molecule has 0 unspecified atom stereocenters. The number of aryl methyl sites for hydroxylation is 1. The van der Waals surface area contributed by atoms with Crippen LogP contribution in [0.1, 0.15) is 23.9 Å². The van der Waals surface area contributed by atoms with Gasteiger partial charge in [-0.25, -0.2) is 0 Å². The molecule has 0 bridgehead atoms. The van der Waals surface area contributed by atoms with Gasteiger partial charge >= 0.3 is 0 Å². The highest BCUT2D eigenvalue weighted by molar-refractivity contribution is 8.45. The Morgan fingerprint density at radius 1 is 1.31 bits per heavy atom. The van der Waals surface area contributed by atoms with Crippen molar-refractivity contribution < 1.29 is 4.79 Å². The molecule has 2 aliphatic heterocycles. The summed E-state index contributed by atoms with van der Waals surface area (Å²) >= 11 is 9.27. The first-order chi connectivity index (χ1) is 13.9. The van der Waals surface area contributed by atoms with Crippen molar-refractivity contribution in [3.63, 3.8) is 0 Å². The molecule has 0 spiro atoms. The summed E-state index contributed by atoms with van der Waals surface area (Å²) in [5.41, 5.74) is 3.85. The Hall–Kier alpha value is -2.29. The van der Waals surface area contributed by atoms with Crippen LogP contribution in [0.15, 0.2) is 46.0 Å². The molecule has 0 aliphatic carbocycles. The third-order valence-electron chi connectivity index (χ3n) is 4.57. The number of para-hydroxylation sites is 1.